The van der Waals surface area contributed by atoms with Gasteiger partial charge in [-0.05, 0) is 63.2 Å². The van der Waals surface area contributed by atoms with E-state index in [9.17, 15) is 4.79 Å². The minimum atomic E-state index is 0.000835. The Bertz CT molecular complexity index is 1060. The third-order valence-electron chi connectivity index (χ3n) is 6.06. The van der Waals surface area contributed by atoms with Crippen LogP contribution in [0.1, 0.15) is 54.5 Å². The van der Waals surface area contributed by atoms with Crippen LogP contribution in [0.3, 0.4) is 0 Å². The van der Waals surface area contributed by atoms with Gasteiger partial charge >= 0.3 is 0 Å². The van der Waals surface area contributed by atoms with Crippen LogP contribution < -0.4 is 0 Å². The number of para-hydroxylation sites is 1. The first-order valence-corrected chi connectivity index (χ1v) is 11.8. The van der Waals surface area contributed by atoms with E-state index >= 15 is 0 Å². The van der Waals surface area contributed by atoms with Crippen molar-refractivity contribution in [1.82, 2.24) is 19.6 Å². The molecule has 0 unspecified atom stereocenters. The van der Waals surface area contributed by atoms with Gasteiger partial charge in [0.25, 0.3) is 5.91 Å². The third kappa shape index (κ3) is 4.74. The summed E-state index contributed by atoms with van der Waals surface area (Å²) < 4.78 is 2.08. The number of aromatic nitrogens is 2. The van der Waals surface area contributed by atoms with Gasteiger partial charge in [-0.15, -0.1) is 0 Å². The summed E-state index contributed by atoms with van der Waals surface area (Å²) in [6.45, 7) is 9.81. The lowest BCUT2D eigenvalue weighted by Crippen LogP contribution is -2.37. The molecule has 0 saturated heterocycles. The summed E-state index contributed by atoms with van der Waals surface area (Å²) in [6.07, 6.45) is 2.09. The van der Waals surface area contributed by atoms with Gasteiger partial charge in [0.2, 0.25) is 0 Å². The minimum Gasteiger partial charge on any atom is -0.330 e. The number of hydrogen-bond donors (Lipinski definition) is 0. The molecule has 1 aliphatic heterocycles. The molecule has 0 bridgehead atoms. The van der Waals surface area contributed by atoms with Crippen molar-refractivity contribution in [2.24, 2.45) is 0 Å². The molecule has 0 atom stereocenters. The molecule has 1 aromatic heterocycles. The SMILES string of the molecule is CCCN1CCc2c(c(CN(C(=O)c3ccc(Cl)cc3)C(C)C)nn2-c2ccccc2)C1. The lowest BCUT2D eigenvalue weighted by Gasteiger charge is -2.29. The molecule has 0 radical (unpaired) electrons. The average molecular weight is 451 g/mol. The predicted octanol–water partition coefficient (Wildman–Crippen LogP) is 5.34. The molecular formula is C26H31ClN4O. The summed E-state index contributed by atoms with van der Waals surface area (Å²) in [5, 5.41) is 5.67. The van der Waals surface area contributed by atoms with Gasteiger partial charge in [-0.25, -0.2) is 4.68 Å². The van der Waals surface area contributed by atoms with E-state index in [1.54, 1.807) is 24.3 Å². The number of rotatable bonds is 7. The van der Waals surface area contributed by atoms with Gasteiger partial charge in [-0.3, -0.25) is 9.69 Å². The molecule has 6 heteroatoms. The van der Waals surface area contributed by atoms with Crippen molar-refractivity contribution in [3.8, 4) is 5.69 Å². The zero-order valence-electron chi connectivity index (χ0n) is 19.1. The van der Waals surface area contributed by atoms with Crippen molar-refractivity contribution in [3.63, 3.8) is 0 Å². The molecule has 32 heavy (non-hydrogen) atoms. The summed E-state index contributed by atoms with van der Waals surface area (Å²) >= 11 is 6.03. The van der Waals surface area contributed by atoms with Crippen LogP contribution in [-0.4, -0.2) is 44.6 Å². The van der Waals surface area contributed by atoms with Crippen molar-refractivity contribution < 1.29 is 4.79 Å². The summed E-state index contributed by atoms with van der Waals surface area (Å²) in [7, 11) is 0. The number of halogens is 1. The standard InChI is InChI=1S/C26H31ClN4O/c1-4-15-29-16-14-25-23(17-29)24(28-31(25)22-8-6-5-7-9-22)18-30(19(2)3)26(32)20-10-12-21(27)13-11-20/h5-13,19H,4,14-18H2,1-3H3. The van der Waals surface area contributed by atoms with Crippen LogP contribution in [0.2, 0.25) is 5.02 Å². The number of benzene rings is 2. The molecule has 4 rings (SSSR count). The number of fused-ring (bicyclic) bond motifs is 1. The van der Waals surface area contributed by atoms with Crippen molar-refractivity contribution in [1.29, 1.82) is 0 Å². The topological polar surface area (TPSA) is 41.4 Å². The van der Waals surface area contributed by atoms with Crippen LogP contribution in [0.4, 0.5) is 0 Å². The van der Waals surface area contributed by atoms with E-state index in [1.165, 1.54) is 11.3 Å². The van der Waals surface area contributed by atoms with Crippen LogP contribution in [0.25, 0.3) is 5.69 Å². The fourth-order valence-electron chi connectivity index (χ4n) is 4.37. The molecule has 2 heterocycles. The largest absolute Gasteiger partial charge is 0.330 e. The van der Waals surface area contributed by atoms with Gasteiger partial charge in [-0.1, -0.05) is 36.7 Å². The Morgan fingerprint density at radius 2 is 1.84 bits per heavy atom. The van der Waals surface area contributed by atoms with Gasteiger partial charge in [0.1, 0.15) is 0 Å². The average Bonchev–Trinajstić information content (AvgIpc) is 3.16. The predicted molar refractivity (Wildman–Crippen MR) is 129 cm³/mol. The summed E-state index contributed by atoms with van der Waals surface area (Å²) in [6, 6.07) is 17.5. The molecule has 0 aliphatic carbocycles. The summed E-state index contributed by atoms with van der Waals surface area (Å²) in [4.78, 5) is 17.7. The lowest BCUT2D eigenvalue weighted by molar-refractivity contribution is 0.0686. The number of nitrogens with zero attached hydrogens (tertiary/aromatic N) is 4. The first kappa shape index (κ1) is 22.6. The highest BCUT2D eigenvalue weighted by atomic mass is 35.5. The maximum absolute atomic E-state index is 13.4. The van der Waals surface area contributed by atoms with Gasteiger partial charge in [0.05, 0.1) is 23.6 Å². The van der Waals surface area contributed by atoms with E-state index in [-0.39, 0.29) is 11.9 Å². The summed E-state index contributed by atoms with van der Waals surface area (Å²) in [5.41, 5.74) is 5.23. The Labute approximate surface area is 195 Å². The number of hydrogen-bond acceptors (Lipinski definition) is 3. The fourth-order valence-corrected chi connectivity index (χ4v) is 4.49. The van der Waals surface area contributed by atoms with Crippen LogP contribution in [0, 0.1) is 0 Å². The van der Waals surface area contributed by atoms with Crippen LogP contribution in [0.15, 0.2) is 54.6 Å². The molecule has 0 N–H and O–H groups in total. The highest BCUT2D eigenvalue weighted by molar-refractivity contribution is 6.30. The summed E-state index contributed by atoms with van der Waals surface area (Å²) in [5.74, 6) is 0.000835. The Morgan fingerprint density at radius 3 is 2.50 bits per heavy atom. The van der Waals surface area contributed by atoms with Crippen LogP contribution >= 0.6 is 11.6 Å². The van der Waals surface area contributed by atoms with E-state index in [1.807, 2.05) is 23.1 Å². The molecular weight excluding hydrogens is 420 g/mol. The number of carbonyl (C=O) groups excluding carboxylic acids is 1. The zero-order valence-corrected chi connectivity index (χ0v) is 19.8. The molecule has 1 aliphatic rings. The highest BCUT2D eigenvalue weighted by Gasteiger charge is 2.28. The molecule has 0 spiro atoms. The minimum absolute atomic E-state index is 0.000835. The van der Waals surface area contributed by atoms with Crippen molar-refractivity contribution in [2.45, 2.75) is 52.7 Å². The Kier molecular flexibility index (Phi) is 6.97. The van der Waals surface area contributed by atoms with Crippen molar-refractivity contribution in [2.75, 3.05) is 13.1 Å². The first-order chi connectivity index (χ1) is 15.5. The van der Waals surface area contributed by atoms with Crippen molar-refractivity contribution >= 4 is 17.5 Å². The van der Waals surface area contributed by atoms with E-state index in [2.05, 4.69) is 42.5 Å². The van der Waals surface area contributed by atoms with Crippen LogP contribution in [-0.2, 0) is 19.5 Å². The third-order valence-corrected chi connectivity index (χ3v) is 6.31. The normalized spacial score (nSPS) is 13.9. The quantitative estimate of drug-likeness (QED) is 0.487. The van der Waals surface area contributed by atoms with E-state index < -0.39 is 0 Å². The second-order valence-electron chi connectivity index (χ2n) is 8.68. The first-order valence-electron chi connectivity index (χ1n) is 11.4. The van der Waals surface area contributed by atoms with Gasteiger partial charge in [0, 0.05) is 41.7 Å². The molecule has 0 fully saturated rings. The monoisotopic (exact) mass is 450 g/mol. The fraction of sp³-hybridized carbons (Fsp3) is 0.385. The molecule has 2 aromatic carbocycles. The molecule has 1 amide bonds. The molecule has 168 valence electrons. The maximum atomic E-state index is 13.4. The Balaban J connectivity index is 1.70. The van der Waals surface area contributed by atoms with E-state index in [0.29, 0.717) is 17.1 Å². The van der Waals surface area contributed by atoms with Gasteiger partial charge < -0.3 is 4.90 Å². The number of amides is 1. The lowest BCUT2D eigenvalue weighted by atomic mass is 10.0. The zero-order chi connectivity index (χ0) is 22.7. The smallest absolute Gasteiger partial charge is 0.254 e. The molecule has 5 nitrogen and oxygen atoms in total. The van der Waals surface area contributed by atoms with Gasteiger partial charge in [-0.2, -0.15) is 5.10 Å². The van der Waals surface area contributed by atoms with E-state index in [0.717, 1.165) is 43.9 Å². The maximum Gasteiger partial charge on any atom is 0.254 e. The Morgan fingerprint density at radius 1 is 1.12 bits per heavy atom. The van der Waals surface area contributed by atoms with E-state index in [4.69, 9.17) is 16.7 Å². The number of carbonyl (C=O) groups is 1. The van der Waals surface area contributed by atoms with Gasteiger partial charge in [0.15, 0.2) is 0 Å². The molecule has 0 saturated carbocycles. The second-order valence-corrected chi connectivity index (χ2v) is 9.12. The Hall–Kier alpha value is -2.63. The van der Waals surface area contributed by atoms with Crippen molar-refractivity contribution in [3.05, 3.63) is 82.1 Å². The second kappa shape index (κ2) is 9.88. The molecule has 3 aromatic rings. The van der Waals surface area contributed by atoms with Crippen LogP contribution in [0.5, 0.6) is 0 Å². The highest BCUT2D eigenvalue weighted by Crippen LogP contribution is 2.27.